The van der Waals surface area contributed by atoms with Crippen molar-refractivity contribution in [2.45, 2.75) is 19.9 Å². The average molecular weight is 250 g/mol. The Bertz CT molecular complexity index is 470. The van der Waals surface area contributed by atoms with Crippen LogP contribution in [0.5, 0.6) is 0 Å². The Kier molecular flexibility index (Phi) is 3.84. The van der Waals surface area contributed by atoms with Gasteiger partial charge in [-0.3, -0.25) is 0 Å². The lowest BCUT2D eigenvalue weighted by Gasteiger charge is -2.11. The number of nitrogens with zero attached hydrogens (tertiary/aromatic N) is 3. The molecule has 2 rings (SSSR count). The lowest BCUT2D eigenvalue weighted by atomic mass is 10.2. The van der Waals surface area contributed by atoms with Crippen molar-refractivity contribution in [2.75, 3.05) is 10.7 Å². The lowest BCUT2D eigenvalue weighted by Crippen LogP contribution is -2.14. The normalized spacial score (nSPS) is 10.2. The maximum absolute atomic E-state index is 5.41. The van der Waals surface area contributed by atoms with Gasteiger partial charge in [-0.05, 0) is 6.42 Å². The van der Waals surface area contributed by atoms with Gasteiger partial charge in [-0.2, -0.15) is 0 Å². The van der Waals surface area contributed by atoms with Gasteiger partial charge in [-0.15, -0.1) is 11.3 Å². The fourth-order valence-electron chi connectivity index (χ4n) is 1.52. The Morgan fingerprint density at radius 3 is 2.76 bits per heavy atom. The van der Waals surface area contributed by atoms with E-state index in [0.717, 1.165) is 23.5 Å². The van der Waals surface area contributed by atoms with Gasteiger partial charge in [0.15, 0.2) is 0 Å². The topological polar surface area (TPSA) is 88.8 Å². The molecule has 17 heavy (non-hydrogen) atoms. The van der Waals surface area contributed by atoms with E-state index in [-0.39, 0.29) is 0 Å². The van der Waals surface area contributed by atoms with Crippen molar-refractivity contribution in [1.82, 2.24) is 15.0 Å². The number of nitrogens with one attached hydrogen (secondary N) is 2. The molecule has 6 nitrogen and oxygen atoms in total. The van der Waals surface area contributed by atoms with E-state index in [0.29, 0.717) is 12.4 Å². The second-order valence-electron chi connectivity index (χ2n) is 3.38. The second-order valence-corrected chi connectivity index (χ2v) is 4.10. The van der Waals surface area contributed by atoms with Crippen molar-refractivity contribution in [1.29, 1.82) is 0 Å². The van der Waals surface area contributed by atoms with Crippen LogP contribution in [0.2, 0.25) is 0 Å². The van der Waals surface area contributed by atoms with Crippen LogP contribution in [0.3, 0.4) is 0 Å². The Labute approximate surface area is 103 Å². The SMILES string of the molecule is CCc1c(NN)ncnc1NCc1cscn1. The first kappa shape index (κ1) is 11.7. The molecule has 0 fully saturated rings. The number of rotatable bonds is 5. The molecule has 0 spiro atoms. The summed E-state index contributed by atoms with van der Waals surface area (Å²) in [5, 5.41) is 5.24. The summed E-state index contributed by atoms with van der Waals surface area (Å²) >= 11 is 1.58. The first-order chi connectivity index (χ1) is 8.35. The second kappa shape index (κ2) is 5.55. The van der Waals surface area contributed by atoms with Gasteiger partial charge in [0.1, 0.15) is 18.0 Å². The largest absolute Gasteiger partial charge is 0.364 e. The van der Waals surface area contributed by atoms with Crippen molar-refractivity contribution in [3.8, 4) is 0 Å². The van der Waals surface area contributed by atoms with Crippen LogP contribution in [0.15, 0.2) is 17.2 Å². The molecule has 0 atom stereocenters. The zero-order valence-electron chi connectivity index (χ0n) is 9.47. The van der Waals surface area contributed by atoms with Crippen molar-refractivity contribution in [2.24, 2.45) is 5.84 Å². The molecule has 0 bridgehead atoms. The number of nitrogens with two attached hydrogens (primary N) is 1. The van der Waals surface area contributed by atoms with Crippen LogP contribution < -0.4 is 16.6 Å². The molecule has 7 heteroatoms. The predicted molar refractivity (Wildman–Crippen MR) is 68.7 cm³/mol. The van der Waals surface area contributed by atoms with Crippen LogP contribution >= 0.6 is 11.3 Å². The smallest absolute Gasteiger partial charge is 0.148 e. The van der Waals surface area contributed by atoms with E-state index in [1.54, 1.807) is 11.3 Å². The molecule has 4 N–H and O–H groups in total. The standard InChI is InChI=1S/C10H14N6S/c1-2-8-9(13-5-14-10(8)16-11)12-3-7-4-17-6-15-7/h4-6H,2-3,11H2,1H3,(H2,12,13,14,16). The highest BCUT2D eigenvalue weighted by molar-refractivity contribution is 7.07. The van der Waals surface area contributed by atoms with Gasteiger partial charge in [0.25, 0.3) is 0 Å². The van der Waals surface area contributed by atoms with Crippen molar-refractivity contribution < 1.29 is 0 Å². The van der Waals surface area contributed by atoms with Crippen LogP contribution in [-0.4, -0.2) is 15.0 Å². The van der Waals surface area contributed by atoms with Gasteiger partial charge in [-0.1, -0.05) is 6.92 Å². The van der Waals surface area contributed by atoms with Crippen LogP contribution in [0, 0.1) is 0 Å². The minimum absolute atomic E-state index is 0.650. The van der Waals surface area contributed by atoms with Crippen molar-refractivity contribution in [3.05, 3.63) is 28.5 Å². The molecule has 2 aromatic heterocycles. The number of thiazole rings is 1. The van der Waals surface area contributed by atoms with Crippen molar-refractivity contribution in [3.63, 3.8) is 0 Å². The fraction of sp³-hybridized carbons (Fsp3) is 0.300. The maximum Gasteiger partial charge on any atom is 0.148 e. The molecule has 0 unspecified atom stereocenters. The summed E-state index contributed by atoms with van der Waals surface area (Å²) in [6.45, 7) is 2.69. The van der Waals surface area contributed by atoms with Gasteiger partial charge in [0.2, 0.25) is 0 Å². The molecule has 0 amide bonds. The predicted octanol–water partition coefficient (Wildman–Crippen LogP) is 1.39. The molecule has 0 aliphatic heterocycles. The minimum atomic E-state index is 0.650. The van der Waals surface area contributed by atoms with Crippen LogP contribution in [0.1, 0.15) is 18.2 Å². The molecule has 0 aromatic carbocycles. The van der Waals surface area contributed by atoms with Crippen LogP contribution in [0.4, 0.5) is 11.6 Å². The first-order valence-electron chi connectivity index (χ1n) is 5.26. The monoisotopic (exact) mass is 250 g/mol. The van der Waals surface area contributed by atoms with Gasteiger partial charge in [-0.25, -0.2) is 20.8 Å². The van der Waals surface area contributed by atoms with E-state index in [9.17, 15) is 0 Å². The Hall–Kier alpha value is -1.73. The summed E-state index contributed by atoms with van der Waals surface area (Å²) in [7, 11) is 0. The maximum atomic E-state index is 5.41. The Balaban J connectivity index is 2.14. The summed E-state index contributed by atoms with van der Waals surface area (Å²) in [6.07, 6.45) is 2.29. The number of aromatic nitrogens is 3. The molecular formula is C10H14N6S. The summed E-state index contributed by atoms with van der Waals surface area (Å²) in [4.78, 5) is 12.5. The molecule has 0 aliphatic carbocycles. The number of hydrogen-bond donors (Lipinski definition) is 3. The Morgan fingerprint density at radius 1 is 1.29 bits per heavy atom. The highest BCUT2D eigenvalue weighted by Gasteiger charge is 2.08. The fourth-order valence-corrected chi connectivity index (χ4v) is 2.08. The third-order valence-corrected chi connectivity index (χ3v) is 2.99. The molecule has 2 aromatic rings. The number of hydrogen-bond acceptors (Lipinski definition) is 7. The summed E-state index contributed by atoms with van der Waals surface area (Å²) in [5.41, 5.74) is 6.36. The molecule has 0 saturated carbocycles. The van der Waals surface area contributed by atoms with E-state index in [1.807, 2.05) is 17.8 Å². The number of nitrogen functional groups attached to an aromatic ring is 1. The summed E-state index contributed by atoms with van der Waals surface area (Å²) in [5.74, 6) is 6.86. The van der Waals surface area contributed by atoms with Gasteiger partial charge in [0, 0.05) is 10.9 Å². The molecule has 90 valence electrons. The van der Waals surface area contributed by atoms with Crippen LogP contribution in [0.25, 0.3) is 0 Å². The highest BCUT2D eigenvalue weighted by atomic mass is 32.1. The third-order valence-electron chi connectivity index (χ3n) is 2.36. The summed E-state index contributed by atoms with van der Waals surface area (Å²) < 4.78 is 0. The quantitative estimate of drug-likeness (QED) is 0.549. The molecular weight excluding hydrogens is 236 g/mol. The van der Waals surface area contributed by atoms with E-state index in [1.165, 1.54) is 6.33 Å². The number of hydrazine groups is 1. The van der Waals surface area contributed by atoms with Gasteiger partial charge in [0.05, 0.1) is 17.7 Å². The van der Waals surface area contributed by atoms with E-state index in [2.05, 4.69) is 25.7 Å². The average Bonchev–Trinajstić information content (AvgIpc) is 2.88. The molecule has 2 heterocycles. The molecule has 0 aliphatic rings. The molecule has 0 saturated heterocycles. The Morgan fingerprint density at radius 2 is 2.12 bits per heavy atom. The highest BCUT2D eigenvalue weighted by Crippen LogP contribution is 2.19. The van der Waals surface area contributed by atoms with E-state index >= 15 is 0 Å². The zero-order valence-corrected chi connectivity index (χ0v) is 10.3. The zero-order chi connectivity index (χ0) is 12.1. The van der Waals surface area contributed by atoms with E-state index < -0.39 is 0 Å². The lowest BCUT2D eigenvalue weighted by molar-refractivity contribution is 0.990. The molecule has 0 radical (unpaired) electrons. The first-order valence-corrected chi connectivity index (χ1v) is 6.20. The van der Waals surface area contributed by atoms with Crippen LogP contribution in [-0.2, 0) is 13.0 Å². The van der Waals surface area contributed by atoms with Crippen molar-refractivity contribution >= 4 is 23.0 Å². The number of anilines is 2. The third kappa shape index (κ3) is 2.69. The summed E-state index contributed by atoms with van der Waals surface area (Å²) in [6, 6.07) is 0. The van der Waals surface area contributed by atoms with Gasteiger partial charge >= 0.3 is 0 Å². The van der Waals surface area contributed by atoms with Gasteiger partial charge < -0.3 is 10.7 Å². The van der Waals surface area contributed by atoms with E-state index in [4.69, 9.17) is 5.84 Å². The minimum Gasteiger partial charge on any atom is -0.364 e.